The summed E-state index contributed by atoms with van der Waals surface area (Å²) in [5.74, 6) is 0.833. The molecule has 0 bridgehead atoms. The van der Waals surface area contributed by atoms with Gasteiger partial charge in [-0.1, -0.05) is 50.0 Å². The lowest BCUT2D eigenvalue weighted by atomic mass is 9.93. The van der Waals surface area contributed by atoms with E-state index in [1.807, 2.05) is 34.7 Å². The summed E-state index contributed by atoms with van der Waals surface area (Å²) < 4.78 is 12.5. The van der Waals surface area contributed by atoms with Gasteiger partial charge >= 0.3 is 0 Å². The molecule has 1 aromatic carbocycles. The summed E-state index contributed by atoms with van der Waals surface area (Å²) in [6.07, 6.45) is 4.89. The van der Waals surface area contributed by atoms with Gasteiger partial charge < -0.3 is 24.6 Å². The molecule has 1 N–H and O–H groups in total. The highest BCUT2D eigenvalue weighted by molar-refractivity contribution is 6.41. The molecule has 1 aliphatic heterocycles. The first-order chi connectivity index (χ1) is 21.8. The highest BCUT2D eigenvalue weighted by Crippen LogP contribution is 2.45. The first-order valence-electron chi connectivity index (χ1n) is 15.2. The molecule has 0 radical (unpaired) electrons. The number of amides is 1. The standard InChI is InChI=1S/C33H41Cl2N7O4/c1-8-37-32-38-19-20-15-23(26-27(34)24(45-6)16-25(46-7)28(26)35)31(44)42(29(20)39-32)14-13-40(5)22-9-11-41(12-10-22)30(43)21(18-36)17-33(2,3)4/h15-17,19,22H,8-14H2,1-7H3,(H,37,38,39). The highest BCUT2D eigenvalue weighted by atomic mass is 35.5. The molecule has 11 nitrogen and oxygen atoms in total. The maximum Gasteiger partial charge on any atom is 0.264 e. The number of benzene rings is 1. The van der Waals surface area contributed by atoms with Crippen molar-refractivity contribution in [3.63, 3.8) is 0 Å². The van der Waals surface area contributed by atoms with Crippen LogP contribution >= 0.6 is 23.2 Å². The molecule has 13 heteroatoms. The Morgan fingerprint density at radius 3 is 2.35 bits per heavy atom. The Balaban J connectivity index is 1.64. The van der Waals surface area contributed by atoms with Gasteiger partial charge in [0, 0.05) is 62.0 Å². The van der Waals surface area contributed by atoms with Gasteiger partial charge in [0.15, 0.2) is 0 Å². The summed E-state index contributed by atoms with van der Waals surface area (Å²) in [7, 11) is 4.97. The fourth-order valence-electron chi connectivity index (χ4n) is 5.61. The van der Waals surface area contributed by atoms with E-state index in [1.54, 1.807) is 33.9 Å². The fraction of sp³-hybridized carbons (Fsp3) is 0.485. The number of piperidine rings is 1. The molecule has 246 valence electrons. The van der Waals surface area contributed by atoms with Crippen LogP contribution in [0.3, 0.4) is 0 Å². The van der Waals surface area contributed by atoms with Gasteiger partial charge in [-0.15, -0.1) is 0 Å². The third kappa shape index (κ3) is 7.57. The number of nitrogens with one attached hydrogen (secondary N) is 1. The zero-order valence-electron chi connectivity index (χ0n) is 27.4. The van der Waals surface area contributed by atoms with E-state index in [1.165, 1.54) is 14.2 Å². The van der Waals surface area contributed by atoms with Crippen LogP contribution in [0.15, 0.2) is 34.8 Å². The normalized spacial score (nSPS) is 14.5. The molecule has 1 aliphatic rings. The fourth-order valence-corrected chi connectivity index (χ4v) is 6.31. The molecule has 0 unspecified atom stereocenters. The number of nitriles is 1. The number of carbonyl (C=O) groups is 1. The second kappa shape index (κ2) is 14.7. The number of methoxy groups -OCH3 is 2. The molecule has 0 atom stereocenters. The molecule has 1 amide bonds. The number of aromatic nitrogens is 3. The number of likely N-dealkylation sites (N-methyl/N-ethyl adjacent to an activating group) is 1. The quantitative estimate of drug-likeness (QED) is 0.216. The first-order valence-corrected chi connectivity index (χ1v) is 16.0. The van der Waals surface area contributed by atoms with E-state index in [9.17, 15) is 14.9 Å². The molecule has 2 aromatic heterocycles. The van der Waals surface area contributed by atoms with Crippen molar-refractivity contribution in [1.82, 2.24) is 24.3 Å². The van der Waals surface area contributed by atoms with Crippen molar-refractivity contribution in [3.8, 4) is 28.7 Å². The number of nitrogens with zero attached hydrogens (tertiary/aromatic N) is 6. The van der Waals surface area contributed by atoms with Gasteiger partial charge in [-0.3, -0.25) is 14.2 Å². The number of fused-ring (bicyclic) bond motifs is 1. The minimum absolute atomic E-state index is 0.179. The number of likely N-dealkylation sites (tertiary alicyclic amines) is 1. The average molecular weight is 671 g/mol. The smallest absolute Gasteiger partial charge is 0.264 e. The number of halogens is 2. The molecule has 1 fully saturated rings. The van der Waals surface area contributed by atoms with Crippen molar-refractivity contribution >= 4 is 46.1 Å². The van der Waals surface area contributed by atoms with Crippen molar-refractivity contribution in [2.45, 2.75) is 53.1 Å². The number of carbonyl (C=O) groups excluding carboxylic acids is 1. The van der Waals surface area contributed by atoms with E-state index in [0.29, 0.717) is 66.8 Å². The molecule has 3 aromatic rings. The number of hydrogen-bond donors (Lipinski definition) is 1. The molecule has 0 aliphatic carbocycles. The van der Waals surface area contributed by atoms with Crippen LogP contribution in [0.25, 0.3) is 22.2 Å². The predicted molar refractivity (Wildman–Crippen MR) is 182 cm³/mol. The van der Waals surface area contributed by atoms with E-state index in [2.05, 4.69) is 26.3 Å². The van der Waals surface area contributed by atoms with Crippen LogP contribution in [0.4, 0.5) is 5.95 Å². The van der Waals surface area contributed by atoms with Gasteiger partial charge in [0.05, 0.1) is 29.8 Å². The van der Waals surface area contributed by atoms with Crippen LogP contribution < -0.4 is 20.3 Å². The largest absolute Gasteiger partial charge is 0.495 e. The Morgan fingerprint density at radius 1 is 1.17 bits per heavy atom. The van der Waals surface area contributed by atoms with Gasteiger partial charge in [-0.05, 0) is 38.3 Å². The molecule has 0 saturated carbocycles. The molecule has 1 saturated heterocycles. The monoisotopic (exact) mass is 669 g/mol. The van der Waals surface area contributed by atoms with E-state index >= 15 is 0 Å². The topological polar surface area (TPSA) is 126 Å². The zero-order valence-corrected chi connectivity index (χ0v) is 28.9. The van der Waals surface area contributed by atoms with E-state index in [-0.39, 0.29) is 44.1 Å². The minimum atomic E-state index is -0.323. The number of anilines is 1. The van der Waals surface area contributed by atoms with E-state index < -0.39 is 0 Å². The molecule has 0 spiro atoms. The maximum atomic E-state index is 14.2. The number of rotatable bonds is 10. The lowest BCUT2D eigenvalue weighted by Gasteiger charge is -2.37. The van der Waals surface area contributed by atoms with Crippen LogP contribution in [0.2, 0.25) is 10.0 Å². The van der Waals surface area contributed by atoms with Gasteiger partial charge in [-0.25, -0.2) is 4.98 Å². The second-order valence-electron chi connectivity index (χ2n) is 12.3. The predicted octanol–water partition coefficient (Wildman–Crippen LogP) is 5.63. The summed E-state index contributed by atoms with van der Waals surface area (Å²) in [4.78, 5) is 40.3. The van der Waals surface area contributed by atoms with Crippen molar-refractivity contribution in [3.05, 3.63) is 50.4 Å². The molecular formula is C33H41Cl2N7O4. The number of hydrogen-bond acceptors (Lipinski definition) is 9. The lowest BCUT2D eigenvalue weighted by molar-refractivity contribution is -0.128. The Bertz CT molecular complexity index is 1710. The Labute approximate surface area is 279 Å². The second-order valence-corrected chi connectivity index (χ2v) is 13.1. The number of allylic oxidation sites excluding steroid dienone is 1. The molecule has 4 rings (SSSR count). The first kappa shape index (κ1) is 35.0. The van der Waals surface area contributed by atoms with Crippen molar-refractivity contribution in [1.29, 1.82) is 5.26 Å². The van der Waals surface area contributed by atoms with E-state index in [0.717, 1.165) is 12.8 Å². The lowest BCUT2D eigenvalue weighted by Crippen LogP contribution is -2.46. The van der Waals surface area contributed by atoms with Crippen LogP contribution in [0, 0.1) is 16.7 Å². The third-order valence-electron chi connectivity index (χ3n) is 7.98. The average Bonchev–Trinajstić information content (AvgIpc) is 3.03. The summed E-state index contributed by atoms with van der Waals surface area (Å²) >= 11 is 13.5. The molecular weight excluding hydrogens is 629 g/mol. The molecule has 46 heavy (non-hydrogen) atoms. The van der Waals surface area contributed by atoms with E-state index in [4.69, 9.17) is 32.7 Å². The Morgan fingerprint density at radius 2 is 1.80 bits per heavy atom. The SMILES string of the molecule is CCNc1ncc2cc(-c3c(Cl)c(OC)cc(OC)c3Cl)c(=O)n(CCN(C)C3CCN(C(=O)C(C#N)=CC(C)(C)C)CC3)c2n1. The van der Waals surface area contributed by atoms with Crippen molar-refractivity contribution < 1.29 is 14.3 Å². The maximum absolute atomic E-state index is 14.2. The van der Waals surface area contributed by atoms with Gasteiger partial charge in [0.25, 0.3) is 11.5 Å². The summed E-state index contributed by atoms with van der Waals surface area (Å²) in [5.41, 5.74) is 0.635. The molecule has 3 heterocycles. The third-order valence-corrected chi connectivity index (χ3v) is 8.73. The van der Waals surface area contributed by atoms with Crippen molar-refractivity contribution in [2.24, 2.45) is 5.41 Å². The Hall–Kier alpha value is -3.85. The van der Waals surface area contributed by atoms with Crippen LogP contribution in [0.1, 0.15) is 40.5 Å². The summed E-state index contributed by atoms with van der Waals surface area (Å²) in [5, 5.41) is 13.7. The summed E-state index contributed by atoms with van der Waals surface area (Å²) in [6.45, 7) is 10.4. The minimum Gasteiger partial charge on any atom is -0.495 e. The Kier molecular flexibility index (Phi) is 11.2. The number of ether oxygens (including phenoxy) is 2. The van der Waals surface area contributed by atoms with Gasteiger partial charge in [0.1, 0.15) is 28.8 Å². The van der Waals surface area contributed by atoms with Gasteiger partial charge in [0.2, 0.25) is 5.95 Å². The highest BCUT2D eigenvalue weighted by Gasteiger charge is 2.28. The zero-order chi connectivity index (χ0) is 33.8. The van der Waals surface area contributed by atoms with Gasteiger partial charge in [-0.2, -0.15) is 10.2 Å². The number of pyridine rings is 1. The summed E-state index contributed by atoms with van der Waals surface area (Å²) in [6, 6.07) is 5.53. The van der Waals surface area contributed by atoms with Crippen LogP contribution in [0.5, 0.6) is 11.5 Å². The van der Waals surface area contributed by atoms with Crippen LogP contribution in [-0.2, 0) is 11.3 Å². The van der Waals surface area contributed by atoms with Crippen LogP contribution in [-0.4, -0.2) is 83.7 Å². The van der Waals surface area contributed by atoms with Crippen molar-refractivity contribution in [2.75, 3.05) is 52.8 Å².